The van der Waals surface area contributed by atoms with E-state index >= 15 is 0 Å². The monoisotopic (exact) mass is 270 g/mol. The van der Waals surface area contributed by atoms with Crippen molar-refractivity contribution in [2.45, 2.75) is 38.8 Å². The van der Waals surface area contributed by atoms with Crippen molar-refractivity contribution in [3.05, 3.63) is 11.1 Å². The molecule has 0 saturated heterocycles. The number of rotatable bonds is 7. The van der Waals surface area contributed by atoms with Gasteiger partial charge in [0.2, 0.25) is 0 Å². The molecule has 1 fully saturated rings. The Hall–Kier alpha value is -0.650. The molecule has 0 radical (unpaired) electrons. The Bertz CT molecular complexity index is 377. The lowest BCUT2D eigenvalue weighted by atomic mass is 10.2. The first-order valence-electron chi connectivity index (χ1n) is 6.52. The van der Waals surface area contributed by atoms with Gasteiger partial charge in [-0.05, 0) is 32.6 Å². The molecule has 2 atom stereocenters. The number of thiazole rings is 1. The van der Waals surface area contributed by atoms with E-state index in [1.807, 2.05) is 5.38 Å². The van der Waals surface area contributed by atoms with Crippen LogP contribution < -0.4 is 4.90 Å². The number of nitrogens with zero attached hydrogens (tertiary/aromatic N) is 2. The third-order valence-corrected chi connectivity index (χ3v) is 4.41. The predicted molar refractivity (Wildman–Crippen MR) is 74.2 cm³/mol. The van der Waals surface area contributed by atoms with Crippen LogP contribution in [-0.4, -0.2) is 36.4 Å². The number of methoxy groups -OCH3 is 1. The Labute approximate surface area is 113 Å². The van der Waals surface area contributed by atoms with Crippen LogP contribution >= 0.6 is 11.3 Å². The van der Waals surface area contributed by atoms with Gasteiger partial charge >= 0.3 is 0 Å². The van der Waals surface area contributed by atoms with Gasteiger partial charge in [-0.2, -0.15) is 0 Å². The molecule has 1 saturated carbocycles. The highest BCUT2D eigenvalue weighted by Gasteiger charge is 2.33. The summed E-state index contributed by atoms with van der Waals surface area (Å²) in [5.41, 5.74) is 0.764. The molecule has 5 heteroatoms. The fourth-order valence-corrected chi connectivity index (χ4v) is 3.12. The third-order valence-electron chi connectivity index (χ3n) is 3.52. The highest BCUT2D eigenvalue weighted by molar-refractivity contribution is 7.13. The van der Waals surface area contributed by atoms with Crippen molar-refractivity contribution in [2.75, 3.05) is 25.2 Å². The molecule has 1 aliphatic carbocycles. The summed E-state index contributed by atoms with van der Waals surface area (Å²) in [4.78, 5) is 6.85. The minimum atomic E-state index is -0.490. The summed E-state index contributed by atoms with van der Waals surface area (Å²) in [7, 11) is 1.73. The molecule has 1 aromatic heterocycles. The average molecular weight is 270 g/mol. The van der Waals surface area contributed by atoms with E-state index in [0.29, 0.717) is 12.6 Å². The van der Waals surface area contributed by atoms with E-state index in [9.17, 15) is 5.11 Å². The molecule has 0 aromatic carbocycles. The Morgan fingerprint density at radius 3 is 2.78 bits per heavy atom. The van der Waals surface area contributed by atoms with E-state index in [0.717, 1.165) is 23.3 Å². The summed E-state index contributed by atoms with van der Waals surface area (Å²) in [6, 6.07) is 0.508. The highest BCUT2D eigenvalue weighted by Crippen LogP contribution is 2.37. The van der Waals surface area contributed by atoms with Crippen LogP contribution in [-0.2, 0) is 4.74 Å². The van der Waals surface area contributed by atoms with Gasteiger partial charge in [0.05, 0.1) is 18.4 Å². The second-order valence-corrected chi connectivity index (χ2v) is 5.83. The Balaban J connectivity index is 2.10. The van der Waals surface area contributed by atoms with Crippen molar-refractivity contribution >= 4 is 16.5 Å². The molecule has 2 rings (SSSR count). The van der Waals surface area contributed by atoms with Crippen LogP contribution in [0.1, 0.15) is 38.5 Å². The summed E-state index contributed by atoms with van der Waals surface area (Å²) in [5.74, 6) is 0.792. The molecule has 1 N–H and O–H groups in total. The van der Waals surface area contributed by atoms with Crippen LogP contribution in [0.25, 0.3) is 0 Å². The van der Waals surface area contributed by atoms with Crippen LogP contribution in [0.4, 0.5) is 5.13 Å². The first-order chi connectivity index (χ1) is 8.63. The standard InChI is InChI=1S/C13H22N2O2S/c1-9(11-4-5-11)15(6-7-17-3)13-14-12(8-18-13)10(2)16/h8-11,16H,4-7H2,1-3H3. The smallest absolute Gasteiger partial charge is 0.185 e. The summed E-state index contributed by atoms with van der Waals surface area (Å²) >= 11 is 1.61. The number of aromatic nitrogens is 1. The Morgan fingerprint density at radius 2 is 2.28 bits per heavy atom. The Kier molecular flexibility index (Phi) is 4.59. The quantitative estimate of drug-likeness (QED) is 0.826. The molecule has 1 heterocycles. The van der Waals surface area contributed by atoms with Crippen molar-refractivity contribution in [1.29, 1.82) is 0 Å². The van der Waals surface area contributed by atoms with E-state index in [1.54, 1.807) is 25.4 Å². The van der Waals surface area contributed by atoms with E-state index in [1.165, 1.54) is 12.8 Å². The zero-order chi connectivity index (χ0) is 13.1. The number of aliphatic hydroxyl groups is 1. The molecule has 18 heavy (non-hydrogen) atoms. The maximum atomic E-state index is 9.56. The molecule has 0 bridgehead atoms. The first-order valence-corrected chi connectivity index (χ1v) is 7.40. The minimum absolute atomic E-state index is 0.490. The summed E-state index contributed by atoms with van der Waals surface area (Å²) in [5, 5.41) is 12.5. The maximum Gasteiger partial charge on any atom is 0.185 e. The van der Waals surface area contributed by atoms with Crippen molar-refractivity contribution < 1.29 is 9.84 Å². The third kappa shape index (κ3) is 3.22. The average Bonchev–Trinajstić information content (AvgIpc) is 3.08. The molecule has 2 unspecified atom stereocenters. The molecule has 102 valence electrons. The van der Waals surface area contributed by atoms with Crippen LogP contribution in [0.2, 0.25) is 0 Å². The first kappa shape index (κ1) is 13.8. The number of ether oxygens (including phenoxy) is 1. The second kappa shape index (κ2) is 5.99. The normalized spacial score (nSPS) is 18.7. The number of anilines is 1. The van der Waals surface area contributed by atoms with Gasteiger partial charge in [0.25, 0.3) is 0 Å². The van der Waals surface area contributed by atoms with E-state index in [4.69, 9.17) is 4.74 Å². The van der Waals surface area contributed by atoms with Gasteiger partial charge in [0.15, 0.2) is 5.13 Å². The SMILES string of the molecule is COCCN(c1nc(C(C)O)cs1)C(C)C1CC1. The minimum Gasteiger partial charge on any atom is -0.387 e. The molecule has 4 nitrogen and oxygen atoms in total. The molecule has 0 amide bonds. The molecule has 1 aromatic rings. The number of hydrogen-bond donors (Lipinski definition) is 1. The van der Waals surface area contributed by atoms with Crippen molar-refractivity contribution in [1.82, 2.24) is 4.98 Å². The van der Waals surface area contributed by atoms with E-state index in [2.05, 4.69) is 16.8 Å². The largest absolute Gasteiger partial charge is 0.387 e. The summed E-state index contributed by atoms with van der Waals surface area (Å²) in [6.07, 6.45) is 2.15. The topological polar surface area (TPSA) is 45.6 Å². The molecule has 1 aliphatic rings. The van der Waals surface area contributed by atoms with Crippen LogP contribution in [0.3, 0.4) is 0 Å². The van der Waals surface area contributed by atoms with E-state index < -0.39 is 6.10 Å². The number of aliphatic hydroxyl groups excluding tert-OH is 1. The fraction of sp³-hybridized carbons (Fsp3) is 0.769. The summed E-state index contributed by atoms with van der Waals surface area (Å²) < 4.78 is 5.18. The van der Waals surface area contributed by atoms with Crippen molar-refractivity contribution in [2.24, 2.45) is 5.92 Å². The predicted octanol–water partition coefficient (Wildman–Crippen LogP) is 2.45. The van der Waals surface area contributed by atoms with Gasteiger partial charge in [0, 0.05) is 25.1 Å². The molecular formula is C13H22N2O2S. The number of hydrogen-bond acceptors (Lipinski definition) is 5. The van der Waals surface area contributed by atoms with Gasteiger partial charge in [-0.1, -0.05) is 0 Å². The zero-order valence-corrected chi connectivity index (χ0v) is 12.1. The maximum absolute atomic E-state index is 9.56. The van der Waals surface area contributed by atoms with Gasteiger partial charge in [-0.15, -0.1) is 11.3 Å². The van der Waals surface area contributed by atoms with Crippen molar-refractivity contribution in [3.8, 4) is 0 Å². The zero-order valence-electron chi connectivity index (χ0n) is 11.3. The highest BCUT2D eigenvalue weighted by atomic mass is 32.1. The second-order valence-electron chi connectivity index (χ2n) is 5.00. The van der Waals surface area contributed by atoms with Gasteiger partial charge in [-0.25, -0.2) is 4.98 Å². The molecular weight excluding hydrogens is 248 g/mol. The van der Waals surface area contributed by atoms with Crippen LogP contribution in [0, 0.1) is 5.92 Å². The fourth-order valence-electron chi connectivity index (χ4n) is 2.10. The lowest BCUT2D eigenvalue weighted by Crippen LogP contribution is -2.37. The lowest BCUT2D eigenvalue weighted by Gasteiger charge is -2.28. The summed E-state index contributed by atoms with van der Waals surface area (Å²) in [6.45, 7) is 5.58. The Morgan fingerprint density at radius 1 is 1.56 bits per heavy atom. The molecule has 0 aliphatic heterocycles. The molecule has 0 spiro atoms. The lowest BCUT2D eigenvalue weighted by molar-refractivity contribution is 0.194. The van der Waals surface area contributed by atoms with E-state index in [-0.39, 0.29) is 0 Å². The van der Waals surface area contributed by atoms with Crippen LogP contribution in [0.15, 0.2) is 5.38 Å². The van der Waals surface area contributed by atoms with Gasteiger partial charge in [0.1, 0.15) is 0 Å². The van der Waals surface area contributed by atoms with Gasteiger partial charge < -0.3 is 14.7 Å². The van der Waals surface area contributed by atoms with Crippen molar-refractivity contribution in [3.63, 3.8) is 0 Å². The van der Waals surface area contributed by atoms with Crippen LogP contribution in [0.5, 0.6) is 0 Å². The van der Waals surface area contributed by atoms with Gasteiger partial charge in [-0.3, -0.25) is 0 Å².